The van der Waals surface area contributed by atoms with Gasteiger partial charge in [0.25, 0.3) is 0 Å². The van der Waals surface area contributed by atoms with Gasteiger partial charge in [0.2, 0.25) is 0 Å². The van der Waals surface area contributed by atoms with E-state index >= 15 is 0 Å². The fourth-order valence-corrected chi connectivity index (χ4v) is 8.73. The first-order chi connectivity index (χ1) is 25.8. The number of carbonyl (C=O) groups excluding carboxylic acids is 1. The topological polar surface area (TPSA) is 94.6 Å². The van der Waals surface area contributed by atoms with Crippen LogP contribution in [0.2, 0.25) is 5.02 Å². The summed E-state index contributed by atoms with van der Waals surface area (Å²) in [7, 11) is 5.12. The average Bonchev–Trinajstić information content (AvgIpc) is 3.77. The van der Waals surface area contributed by atoms with Crippen LogP contribution < -0.4 is 4.74 Å². The number of halogens is 1. The molecule has 4 heterocycles. The van der Waals surface area contributed by atoms with Crippen LogP contribution in [-0.2, 0) is 58.7 Å². The third-order valence-electron chi connectivity index (χ3n) is 10.0. The van der Waals surface area contributed by atoms with E-state index in [1.54, 1.807) is 18.9 Å². The first-order valence-corrected chi connectivity index (χ1v) is 19.6. The minimum atomic E-state index is -0.388. The number of hydrogen-bond donors (Lipinski definition) is 0. The van der Waals surface area contributed by atoms with Gasteiger partial charge in [0.15, 0.2) is 0 Å². The van der Waals surface area contributed by atoms with Gasteiger partial charge >= 0.3 is 5.97 Å². The number of fused-ring (bicyclic) bond motifs is 8. The number of benzene rings is 3. The second-order valence-electron chi connectivity index (χ2n) is 13.4. The van der Waals surface area contributed by atoms with Crippen LogP contribution in [0.25, 0.3) is 32.8 Å². The third kappa shape index (κ3) is 7.58. The Labute approximate surface area is 319 Å². The molecule has 0 spiro atoms. The molecule has 1 aliphatic heterocycles. The van der Waals surface area contributed by atoms with Gasteiger partial charge in [-0.1, -0.05) is 41.9 Å². The van der Waals surface area contributed by atoms with Gasteiger partial charge in [-0.25, -0.2) is 4.79 Å². The van der Waals surface area contributed by atoms with E-state index < -0.39 is 0 Å². The summed E-state index contributed by atoms with van der Waals surface area (Å²) in [5, 5.41) is 13.7. The summed E-state index contributed by atoms with van der Waals surface area (Å²) < 4.78 is 29.1. The van der Waals surface area contributed by atoms with Gasteiger partial charge in [-0.3, -0.25) is 9.36 Å². The highest BCUT2D eigenvalue weighted by Gasteiger charge is 2.28. The minimum Gasteiger partial charge on any atom is -0.493 e. The van der Waals surface area contributed by atoms with Crippen LogP contribution in [0, 0.1) is 13.8 Å². The Bertz CT molecular complexity index is 2270. The molecule has 3 aromatic heterocycles. The standard InChI is InChI=1S/C41H46ClN5O5S/c1-26-37-34-14-13-33(42)39(37)38-27(2)43-47(16-18-51-20-19-49-4)35(38)25-53-24-30-23-31(45(3)44-30)12-11-28-21-29-9-6-7-10-32(29)36(22-28)52-17-8-15-46(34)40(26)41(48)50-5/h6-7,9-10,13-14,21-23H,8,11-12,15-20,24-25H2,1-5H3. The Kier molecular flexibility index (Phi) is 11.5. The summed E-state index contributed by atoms with van der Waals surface area (Å²) in [4.78, 5) is 13.5. The molecule has 6 aromatic rings. The highest BCUT2D eigenvalue weighted by Crippen LogP contribution is 2.43. The number of aryl methyl sites for hydroxylation is 6. The van der Waals surface area contributed by atoms with Crippen LogP contribution in [0.5, 0.6) is 5.75 Å². The van der Waals surface area contributed by atoms with Gasteiger partial charge in [-0.05, 0) is 73.9 Å². The molecule has 8 bridgehead atoms. The molecule has 278 valence electrons. The van der Waals surface area contributed by atoms with Gasteiger partial charge in [-0.2, -0.15) is 10.2 Å². The van der Waals surface area contributed by atoms with Crippen molar-refractivity contribution in [2.45, 2.75) is 57.7 Å². The summed E-state index contributed by atoms with van der Waals surface area (Å²) in [6.07, 6.45) is 2.39. The first kappa shape index (κ1) is 37.0. The smallest absolute Gasteiger partial charge is 0.354 e. The molecule has 0 unspecified atom stereocenters. The first-order valence-electron chi connectivity index (χ1n) is 18.1. The maximum atomic E-state index is 13.5. The lowest BCUT2D eigenvalue weighted by Crippen LogP contribution is -2.13. The molecular formula is C41H46ClN5O5S. The zero-order valence-corrected chi connectivity index (χ0v) is 32.6. The number of thioether (sulfide) groups is 1. The maximum Gasteiger partial charge on any atom is 0.354 e. The van der Waals surface area contributed by atoms with Gasteiger partial charge in [0, 0.05) is 70.3 Å². The van der Waals surface area contributed by atoms with Crippen LogP contribution in [0.15, 0.2) is 54.6 Å². The fourth-order valence-electron chi connectivity index (χ4n) is 7.53. The van der Waals surface area contributed by atoms with Crippen molar-refractivity contribution in [3.63, 3.8) is 0 Å². The number of methoxy groups -OCH3 is 2. The van der Waals surface area contributed by atoms with Crippen LogP contribution >= 0.6 is 23.4 Å². The quantitative estimate of drug-likeness (QED) is 0.119. The number of ether oxygens (including phenoxy) is 4. The molecule has 0 saturated heterocycles. The largest absolute Gasteiger partial charge is 0.493 e. The van der Waals surface area contributed by atoms with E-state index in [2.05, 4.69) is 41.0 Å². The van der Waals surface area contributed by atoms with Crippen molar-refractivity contribution >= 4 is 51.0 Å². The van der Waals surface area contributed by atoms with Crippen molar-refractivity contribution in [2.75, 3.05) is 40.6 Å². The van der Waals surface area contributed by atoms with Crippen molar-refractivity contribution in [3.05, 3.63) is 99.2 Å². The molecule has 12 heteroatoms. The van der Waals surface area contributed by atoms with E-state index in [1.165, 1.54) is 18.4 Å². The lowest BCUT2D eigenvalue weighted by molar-refractivity contribution is 0.0587. The summed E-state index contributed by atoms with van der Waals surface area (Å²) >= 11 is 8.97. The zero-order valence-electron chi connectivity index (χ0n) is 31.0. The van der Waals surface area contributed by atoms with Crippen LogP contribution in [0.4, 0.5) is 0 Å². The molecule has 0 radical (unpaired) electrons. The number of nitrogens with zero attached hydrogens (tertiary/aromatic N) is 5. The third-order valence-corrected chi connectivity index (χ3v) is 11.3. The number of hydrogen-bond acceptors (Lipinski definition) is 8. The normalized spacial score (nSPS) is 13.9. The Morgan fingerprint density at radius 1 is 0.981 bits per heavy atom. The van der Waals surface area contributed by atoms with E-state index in [0.717, 1.165) is 79.8 Å². The molecule has 0 fully saturated rings. The van der Waals surface area contributed by atoms with Crippen LogP contribution in [0.1, 0.15) is 50.8 Å². The summed E-state index contributed by atoms with van der Waals surface area (Å²) in [6.45, 7) is 7.13. The highest BCUT2D eigenvalue weighted by molar-refractivity contribution is 7.97. The maximum absolute atomic E-state index is 13.5. The summed E-state index contributed by atoms with van der Waals surface area (Å²) in [5.74, 6) is 1.88. The van der Waals surface area contributed by atoms with Gasteiger partial charge in [-0.15, -0.1) is 11.8 Å². The molecule has 7 rings (SSSR count). The molecule has 0 aliphatic carbocycles. The predicted octanol–water partition coefficient (Wildman–Crippen LogP) is 8.11. The van der Waals surface area contributed by atoms with Crippen molar-refractivity contribution in [3.8, 4) is 16.9 Å². The zero-order chi connectivity index (χ0) is 37.1. The Morgan fingerprint density at radius 2 is 1.83 bits per heavy atom. The second kappa shape index (κ2) is 16.4. The second-order valence-corrected chi connectivity index (χ2v) is 14.8. The molecule has 0 atom stereocenters. The van der Waals surface area contributed by atoms with Gasteiger partial charge < -0.3 is 23.5 Å². The fraction of sp³-hybridized carbons (Fsp3) is 0.390. The molecule has 0 amide bonds. The summed E-state index contributed by atoms with van der Waals surface area (Å²) in [6, 6.07) is 18.9. The number of carbonyl (C=O) groups is 1. The Hall–Kier alpha value is -4.29. The van der Waals surface area contributed by atoms with Gasteiger partial charge in [0.05, 0.1) is 57.2 Å². The van der Waals surface area contributed by atoms with E-state index in [4.69, 9.17) is 40.7 Å². The molecule has 0 N–H and O–H groups in total. The predicted molar refractivity (Wildman–Crippen MR) is 211 cm³/mol. The molecule has 3 aromatic carbocycles. The molecule has 53 heavy (non-hydrogen) atoms. The molecule has 0 saturated carbocycles. The van der Waals surface area contributed by atoms with E-state index in [1.807, 2.05) is 48.5 Å². The van der Waals surface area contributed by atoms with E-state index in [-0.39, 0.29) is 5.97 Å². The Balaban J connectivity index is 1.35. The lowest BCUT2D eigenvalue weighted by atomic mass is 9.97. The van der Waals surface area contributed by atoms with Crippen molar-refractivity contribution in [1.82, 2.24) is 24.1 Å². The SMILES string of the molecule is COCCOCCn1nc(C)c2c1CSCc1cc(n(C)n1)CCc1cc(c3ccccc3c1)OCCCn1c(C(=O)OC)c(C)c3c-2c(Cl)ccc31. The highest BCUT2D eigenvalue weighted by atomic mass is 35.5. The Morgan fingerprint density at radius 3 is 2.66 bits per heavy atom. The van der Waals surface area contributed by atoms with E-state index in [0.29, 0.717) is 62.4 Å². The van der Waals surface area contributed by atoms with Crippen molar-refractivity contribution in [2.24, 2.45) is 7.05 Å². The minimum absolute atomic E-state index is 0.388. The van der Waals surface area contributed by atoms with Crippen molar-refractivity contribution in [1.29, 1.82) is 0 Å². The average molecular weight is 756 g/mol. The van der Waals surface area contributed by atoms with Crippen LogP contribution in [-0.4, -0.2) is 70.7 Å². The van der Waals surface area contributed by atoms with Crippen LogP contribution in [0.3, 0.4) is 0 Å². The molecular weight excluding hydrogens is 710 g/mol. The number of aromatic nitrogens is 5. The lowest BCUT2D eigenvalue weighted by Gasteiger charge is -2.14. The van der Waals surface area contributed by atoms with Crippen molar-refractivity contribution < 1.29 is 23.7 Å². The molecule has 10 nitrogen and oxygen atoms in total. The monoisotopic (exact) mass is 755 g/mol. The molecule has 1 aliphatic rings. The summed E-state index contributed by atoms with van der Waals surface area (Å²) in [5.41, 5.74) is 9.44. The number of rotatable bonds is 7. The van der Waals surface area contributed by atoms with E-state index in [9.17, 15) is 4.79 Å². The number of esters is 1. The van der Waals surface area contributed by atoms with Gasteiger partial charge in [0.1, 0.15) is 11.4 Å².